The second kappa shape index (κ2) is 14.3. The third-order valence-corrected chi connectivity index (χ3v) is 14.3. The summed E-state index contributed by atoms with van der Waals surface area (Å²) < 4.78 is 59.0. The molecule has 3 heterocycles. The van der Waals surface area contributed by atoms with Crippen LogP contribution >= 0.6 is 14.7 Å². The molecule has 50 heavy (non-hydrogen) atoms. The van der Waals surface area contributed by atoms with Gasteiger partial charge in [0.05, 0.1) is 29.5 Å². The van der Waals surface area contributed by atoms with Crippen LogP contribution in [0.25, 0.3) is 22.3 Å². The van der Waals surface area contributed by atoms with Crippen LogP contribution in [0.15, 0.2) is 97.1 Å². The Labute approximate surface area is 292 Å². The molecule has 0 N–H and O–H groups in total. The van der Waals surface area contributed by atoms with Gasteiger partial charge in [0.25, 0.3) is 14.7 Å². The van der Waals surface area contributed by atoms with E-state index < -0.39 is 20.4 Å². The maximum absolute atomic E-state index is 14.5. The Bertz CT molecular complexity index is 2110. The van der Waals surface area contributed by atoms with Crippen molar-refractivity contribution in [3.05, 3.63) is 97.1 Å². The van der Waals surface area contributed by atoms with Crippen LogP contribution in [0.4, 0.5) is 0 Å². The smallest absolute Gasteiger partial charge is 0.325 e. The summed E-state index contributed by atoms with van der Waals surface area (Å²) in [6.45, 7) is 6.55. The maximum Gasteiger partial charge on any atom is 0.325 e. The zero-order valence-corrected chi connectivity index (χ0v) is 30.0. The van der Waals surface area contributed by atoms with E-state index in [1.54, 1.807) is 0 Å². The molecule has 0 saturated heterocycles. The van der Waals surface area contributed by atoms with E-state index in [0.717, 1.165) is 28.7 Å². The van der Waals surface area contributed by atoms with Gasteiger partial charge in [0.2, 0.25) is 0 Å². The third kappa shape index (κ3) is 6.75. The van der Waals surface area contributed by atoms with E-state index >= 15 is 0 Å². The summed E-state index contributed by atoms with van der Waals surface area (Å²) in [5.74, 6) is 1.46. The number of ether oxygens (including phenoxy) is 3. The summed E-state index contributed by atoms with van der Waals surface area (Å²) in [5, 5.41) is 1.36. The molecule has 1 aromatic heterocycles. The highest BCUT2D eigenvalue weighted by Crippen LogP contribution is 2.58. The molecule has 4 unspecified atom stereocenters. The molecule has 0 saturated carbocycles. The predicted octanol–water partition coefficient (Wildman–Crippen LogP) is 8.16. The SMILES string of the molecule is CCC(C)COc1nc(OCCCP2(=O)Oc3ccccc3-c3ccccc32)nc(OCC(C)P2(=O)Oc3ccccc3-c3ccccc32)n1. The van der Waals surface area contributed by atoms with E-state index in [9.17, 15) is 9.13 Å². The second-order valence-corrected chi connectivity index (χ2v) is 17.8. The average molecular weight is 712 g/mol. The number of fused-ring (bicyclic) bond motifs is 6. The minimum absolute atomic E-state index is 0.00341. The lowest BCUT2D eigenvalue weighted by Crippen LogP contribution is -2.28. The van der Waals surface area contributed by atoms with Crippen molar-refractivity contribution in [1.82, 2.24) is 15.0 Å². The van der Waals surface area contributed by atoms with Gasteiger partial charge in [0, 0.05) is 17.3 Å². The van der Waals surface area contributed by atoms with Crippen LogP contribution in [-0.2, 0) is 9.13 Å². The number of rotatable bonds is 13. The molecular weight excluding hydrogens is 672 g/mol. The Balaban J connectivity index is 1.05. The van der Waals surface area contributed by atoms with Crippen LogP contribution in [0.1, 0.15) is 33.6 Å². The summed E-state index contributed by atoms with van der Waals surface area (Å²) in [6.07, 6.45) is 1.60. The van der Waals surface area contributed by atoms with Crippen molar-refractivity contribution < 1.29 is 32.4 Å². The van der Waals surface area contributed by atoms with Gasteiger partial charge < -0.3 is 23.3 Å². The molecule has 0 aliphatic carbocycles. The van der Waals surface area contributed by atoms with Crippen LogP contribution in [0, 0.1) is 5.92 Å². The lowest BCUT2D eigenvalue weighted by molar-refractivity contribution is 0.213. The van der Waals surface area contributed by atoms with Gasteiger partial charge in [-0.1, -0.05) is 93.1 Å². The summed E-state index contributed by atoms with van der Waals surface area (Å²) in [5.41, 5.74) is 3.10. The van der Waals surface area contributed by atoms with Crippen molar-refractivity contribution >= 4 is 25.3 Å². The number of benzene rings is 4. The number of nitrogens with zero attached hydrogens (tertiary/aromatic N) is 3. The Kier molecular flexibility index (Phi) is 9.67. The molecule has 2 aliphatic rings. The molecular formula is C38H39N3O7P2. The first-order valence-electron chi connectivity index (χ1n) is 16.9. The van der Waals surface area contributed by atoms with Gasteiger partial charge in [-0.25, -0.2) is 0 Å². The van der Waals surface area contributed by atoms with Crippen LogP contribution in [0.3, 0.4) is 0 Å². The minimum atomic E-state index is -3.40. The fourth-order valence-corrected chi connectivity index (χ4v) is 10.6. The largest absolute Gasteiger partial charge is 0.463 e. The molecule has 0 amide bonds. The van der Waals surface area contributed by atoms with Crippen molar-refractivity contribution in [2.45, 2.75) is 39.3 Å². The van der Waals surface area contributed by atoms with Gasteiger partial charge in [0.15, 0.2) is 0 Å². The van der Waals surface area contributed by atoms with Gasteiger partial charge >= 0.3 is 18.0 Å². The highest BCUT2D eigenvalue weighted by Gasteiger charge is 2.41. The molecule has 2 aliphatic heterocycles. The molecule has 258 valence electrons. The fraction of sp³-hybridized carbons (Fsp3) is 0.289. The highest BCUT2D eigenvalue weighted by atomic mass is 31.2. The fourth-order valence-electron chi connectivity index (χ4n) is 5.98. The van der Waals surface area contributed by atoms with Crippen molar-refractivity contribution in [3.8, 4) is 51.8 Å². The minimum Gasteiger partial charge on any atom is -0.463 e. The molecule has 12 heteroatoms. The Morgan fingerprint density at radius 1 is 0.620 bits per heavy atom. The molecule has 0 fully saturated rings. The van der Waals surface area contributed by atoms with Crippen molar-refractivity contribution in [2.75, 3.05) is 26.0 Å². The van der Waals surface area contributed by atoms with E-state index in [1.807, 2.05) is 104 Å². The molecule has 0 bridgehead atoms. The van der Waals surface area contributed by atoms with Gasteiger partial charge in [-0.15, -0.1) is 15.0 Å². The number of aromatic nitrogens is 3. The third-order valence-electron chi connectivity index (χ3n) is 8.97. The summed E-state index contributed by atoms with van der Waals surface area (Å²) in [4.78, 5) is 13.1. The van der Waals surface area contributed by atoms with Gasteiger partial charge in [0.1, 0.15) is 18.1 Å². The summed E-state index contributed by atoms with van der Waals surface area (Å²) >= 11 is 0. The first-order valence-corrected chi connectivity index (χ1v) is 20.4. The highest BCUT2D eigenvalue weighted by molar-refractivity contribution is 7.68. The standard InChI is InChI=1S/C38H39N3O7P2/c1-4-26(2)24-45-37-39-36(44-22-13-23-49(42)34-20-11-7-16-30(34)28-14-5-9-18-32(28)47-49)40-38(41-37)46-25-27(3)50(43)35-21-12-8-17-31(35)29-15-6-10-19-33(29)48-50/h5-12,14-21,26-27H,4,13,22-25H2,1-3H3. The van der Waals surface area contributed by atoms with E-state index in [4.69, 9.17) is 23.3 Å². The van der Waals surface area contributed by atoms with Gasteiger partial charge in [-0.2, -0.15) is 0 Å². The molecule has 4 aromatic carbocycles. The van der Waals surface area contributed by atoms with Crippen LogP contribution in [0.5, 0.6) is 29.5 Å². The Hall–Kier alpha value is -4.65. The first-order chi connectivity index (χ1) is 24.3. The van der Waals surface area contributed by atoms with Gasteiger partial charge in [-0.3, -0.25) is 9.13 Å². The van der Waals surface area contributed by atoms with Crippen molar-refractivity contribution in [1.29, 1.82) is 0 Å². The molecule has 7 rings (SSSR count). The van der Waals surface area contributed by atoms with Crippen molar-refractivity contribution in [3.63, 3.8) is 0 Å². The number of hydrogen-bond acceptors (Lipinski definition) is 10. The zero-order chi connectivity index (χ0) is 34.7. The maximum atomic E-state index is 14.5. The first kappa shape index (κ1) is 33.8. The van der Waals surface area contributed by atoms with E-state index in [-0.39, 0.29) is 43.3 Å². The number of para-hydroxylation sites is 2. The van der Waals surface area contributed by atoms with E-state index in [0.29, 0.717) is 35.1 Å². The molecule has 10 nitrogen and oxygen atoms in total. The quantitative estimate of drug-likeness (QED) is 0.0874. The van der Waals surface area contributed by atoms with Crippen LogP contribution < -0.4 is 33.9 Å². The van der Waals surface area contributed by atoms with Crippen LogP contribution in [-0.4, -0.2) is 46.6 Å². The molecule has 0 spiro atoms. The van der Waals surface area contributed by atoms with Crippen molar-refractivity contribution in [2.24, 2.45) is 5.92 Å². The summed E-state index contributed by atoms with van der Waals surface area (Å²) in [6, 6.07) is 30.5. The van der Waals surface area contributed by atoms with Gasteiger partial charge in [-0.05, 0) is 54.7 Å². The lowest BCUT2D eigenvalue weighted by atomic mass is 10.0. The zero-order valence-electron chi connectivity index (χ0n) is 28.2. The average Bonchev–Trinajstić information content (AvgIpc) is 3.15. The molecule has 4 atom stereocenters. The topological polar surface area (TPSA) is 119 Å². The normalized spacial score (nSPS) is 19.7. The number of hydrogen-bond donors (Lipinski definition) is 0. The molecule has 5 aromatic rings. The van der Waals surface area contributed by atoms with E-state index in [1.165, 1.54) is 0 Å². The second-order valence-electron chi connectivity index (χ2n) is 12.6. The van der Waals surface area contributed by atoms with Crippen LogP contribution in [0.2, 0.25) is 0 Å². The predicted molar refractivity (Wildman–Crippen MR) is 194 cm³/mol. The monoisotopic (exact) mass is 711 g/mol. The Morgan fingerprint density at radius 2 is 1.12 bits per heavy atom. The Morgan fingerprint density at radius 3 is 1.76 bits per heavy atom. The van der Waals surface area contributed by atoms with E-state index in [2.05, 4.69) is 28.8 Å². The molecule has 0 radical (unpaired) electrons. The lowest BCUT2D eigenvalue weighted by Gasteiger charge is -2.32. The summed E-state index contributed by atoms with van der Waals surface area (Å²) in [7, 11) is -6.61.